The highest BCUT2D eigenvalue weighted by Crippen LogP contribution is 2.13. The Kier molecular flexibility index (Phi) is 4.35. The van der Waals surface area contributed by atoms with Crippen molar-refractivity contribution in [3.63, 3.8) is 0 Å². The highest BCUT2D eigenvalue weighted by atomic mass is 35.5. The molecule has 1 nitrogen and oxygen atoms in total. The van der Waals surface area contributed by atoms with Crippen molar-refractivity contribution in [3.05, 3.63) is 29.3 Å². The van der Waals surface area contributed by atoms with Crippen LogP contribution in [0.5, 0.6) is 0 Å². The number of benzene rings is 1. The van der Waals surface area contributed by atoms with Gasteiger partial charge in [0.2, 0.25) is 0 Å². The smallest absolute Gasteiger partial charge is 0.0347 e. The van der Waals surface area contributed by atoms with E-state index in [0.717, 1.165) is 29.7 Å². The second-order valence-electron chi connectivity index (χ2n) is 3.01. The van der Waals surface area contributed by atoms with Crippen LogP contribution in [0.25, 0.3) is 0 Å². The predicted molar refractivity (Wildman–Crippen MR) is 62.4 cm³/mol. The molecule has 0 aliphatic carbocycles. The minimum Gasteiger partial charge on any atom is -0.399 e. The number of anilines is 1. The number of rotatable bonds is 2. The molecule has 0 amide bonds. The van der Waals surface area contributed by atoms with Gasteiger partial charge in [-0.2, -0.15) is 0 Å². The fourth-order valence-electron chi connectivity index (χ4n) is 1.20. The van der Waals surface area contributed by atoms with Crippen molar-refractivity contribution in [2.45, 2.75) is 19.8 Å². The highest BCUT2D eigenvalue weighted by molar-refractivity contribution is 6.18. The normalized spacial score (nSPS) is 9.29. The maximum Gasteiger partial charge on any atom is 0.0347 e. The maximum atomic E-state index is 5.79. The number of hydrogen-bond acceptors (Lipinski definition) is 1. The molecule has 1 aromatic rings. The summed E-state index contributed by atoms with van der Waals surface area (Å²) in [4.78, 5) is 0. The van der Waals surface area contributed by atoms with Crippen molar-refractivity contribution < 1.29 is 0 Å². The van der Waals surface area contributed by atoms with E-state index in [4.69, 9.17) is 17.3 Å². The first kappa shape index (κ1) is 10.9. The molecule has 0 saturated carbocycles. The second kappa shape index (κ2) is 5.57. The Hall–Kier alpha value is -1.13. The van der Waals surface area contributed by atoms with Gasteiger partial charge in [0.15, 0.2) is 0 Å². The summed E-state index contributed by atoms with van der Waals surface area (Å²) in [5.74, 6) is 6.64. The van der Waals surface area contributed by atoms with Gasteiger partial charge in [0, 0.05) is 23.6 Å². The van der Waals surface area contributed by atoms with Crippen molar-refractivity contribution >= 4 is 17.3 Å². The van der Waals surface area contributed by atoms with Gasteiger partial charge >= 0.3 is 0 Å². The lowest BCUT2D eigenvalue weighted by Crippen LogP contribution is -1.93. The van der Waals surface area contributed by atoms with Crippen LogP contribution in [0.2, 0.25) is 0 Å². The molecule has 0 atom stereocenters. The van der Waals surface area contributed by atoms with Gasteiger partial charge in [0.1, 0.15) is 0 Å². The molecular weight excluding hydrogens is 194 g/mol. The minimum atomic E-state index is 0.586. The number of halogens is 1. The number of alkyl halides is 1. The Morgan fingerprint density at radius 3 is 2.86 bits per heavy atom. The monoisotopic (exact) mass is 207 g/mol. The van der Waals surface area contributed by atoms with Gasteiger partial charge in [-0.05, 0) is 30.2 Å². The van der Waals surface area contributed by atoms with E-state index in [2.05, 4.69) is 18.8 Å². The van der Waals surface area contributed by atoms with Crippen LogP contribution in [0.1, 0.15) is 24.5 Å². The fourth-order valence-corrected chi connectivity index (χ4v) is 1.30. The summed E-state index contributed by atoms with van der Waals surface area (Å²) in [6.45, 7) is 2.08. The van der Waals surface area contributed by atoms with Crippen molar-refractivity contribution in [1.82, 2.24) is 0 Å². The molecule has 0 bridgehead atoms. The largest absolute Gasteiger partial charge is 0.399 e. The summed E-state index contributed by atoms with van der Waals surface area (Å²) in [7, 11) is 0. The van der Waals surface area contributed by atoms with Crippen molar-refractivity contribution in [2.24, 2.45) is 0 Å². The van der Waals surface area contributed by atoms with Crippen LogP contribution in [0, 0.1) is 11.8 Å². The molecule has 2 heteroatoms. The first-order valence-corrected chi connectivity index (χ1v) is 5.24. The van der Waals surface area contributed by atoms with Gasteiger partial charge in [0.25, 0.3) is 0 Å². The topological polar surface area (TPSA) is 26.0 Å². The van der Waals surface area contributed by atoms with Gasteiger partial charge in [-0.1, -0.05) is 18.8 Å². The quantitative estimate of drug-likeness (QED) is 0.451. The van der Waals surface area contributed by atoms with Gasteiger partial charge in [-0.15, -0.1) is 11.6 Å². The first-order valence-electron chi connectivity index (χ1n) is 4.71. The zero-order chi connectivity index (χ0) is 10.4. The van der Waals surface area contributed by atoms with Gasteiger partial charge < -0.3 is 5.73 Å². The third-order valence-corrected chi connectivity index (χ3v) is 2.17. The van der Waals surface area contributed by atoms with Gasteiger partial charge in [0.05, 0.1) is 0 Å². The van der Waals surface area contributed by atoms with Crippen LogP contribution in [0.3, 0.4) is 0 Å². The Bertz CT molecular complexity index is 360. The molecule has 14 heavy (non-hydrogen) atoms. The average molecular weight is 208 g/mol. The molecule has 74 valence electrons. The van der Waals surface area contributed by atoms with Crippen LogP contribution in [-0.2, 0) is 6.42 Å². The summed E-state index contributed by atoms with van der Waals surface area (Å²) in [6, 6.07) is 5.88. The Balaban J connectivity index is 2.86. The molecule has 1 rings (SSSR count). The number of hydrogen-bond donors (Lipinski definition) is 1. The third kappa shape index (κ3) is 2.97. The Labute approximate surface area is 90.3 Å². The fraction of sp³-hybridized carbons (Fsp3) is 0.333. The van der Waals surface area contributed by atoms with Crippen LogP contribution in [-0.4, -0.2) is 5.88 Å². The molecule has 0 unspecified atom stereocenters. The van der Waals surface area contributed by atoms with Gasteiger partial charge in [-0.3, -0.25) is 0 Å². The molecule has 0 heterocycles. The van der Waals surface area contributed by atoms with E-state index in [9.17, 15) is 0 Å². The molecule has 2 N–H and O–H groups in total. The lowest BCUT2D eigenvalue weighted by atomic mass is 10.1. The Morgan fingerprint density at radius 2 is 2.21 bits per heavy atom. The molecule has 0 spiro atoms. The average Bonchev–Trinajstić information content (AvgIpc) is 2.21. The molecule has 0 aliphatic rings. The van der Waals surface area contributed by atoms with Crippen LogP contribution >= 0.6 is 11.6 Å². The number of nitrogen functional groups attached to an aromatic ring is 1. The van der Waals surface area contributed by atoms with Crippen molar-refractivity contribution in [2.75, 3.05) is 11.6 Å². The molecule has 0 aliphatic heterocycles. The van der Waals surface area contributed by atoms with E-state index >= 15 is 0 Å². The molecule has 0 fully saturated rings. The van der Waals surface area contributed by atoms with Crippen LogP contribution in [0.15, 0.2) is 18.2 Å². The summed E-state index contributed by atoms with van der Waals surface area (Å²) in [5.41, 5.74) is 8.80. The van der Waals surface area contributed by atoms with Crippen molar-refractivity contribution in [3.8, 4) is 11.8 Å². The predicted octanol–water partition coefficient (Wildman–Crippen LogP) is 2.81. The van der Waals surface area contributed by atoms with Crippen LogP contribution < -0.4 is 5.73 Å². The third-order valence-electron chi connectivity index (χ3n) is 1.98. The molecule has 0 saturated heterocycles. The zero-order valence-corrected chi connectivity index (χ0v) is 9.06. The summed E-state index contributed by atoms with van der Waals surface area (Å²) in [5, 5.41) is 0. The molecule has 0 aromatic heterocycles. The lowest BCUT2D eigenvalue weighted by molar-refractivity contribution is 1.14. The first-order chi connectivity index (χ1) is 6.77. The van der Waals surface area contributed by atoms with E-state index in [0.29, 0.717) is 5.88 Å². The SMILES string of the molecule is CCc1cc(C#CCCCl)ccc1N. The van der Waals surface area contributed by atoms with Crippen LogP contribution in [0.4, 0.5) is 5.69 Å². The minimum absolute atomic E-state index is 0.586. The highest BCUT2D eigenvalue weighted by Gasteiger charge is 1.96. The molecule has 0 radical (unpaired) electrons. The summed E-state index contributed by atoms with van der Waals surface area (Å²) < 4.78 is 0. The summed E-state index contributed by atoms with van der Waals surface area (Å²) >= 11 is 5.53. The Morgan fingerprint density at radius 1 is 1.43 bits per heavy atom. The molecular formula is C12H14ClN. The second-order valence-corrected chi connectivity index (χ2v) is 3.39. The van der Waals surface area contributed by atoms with E-state index in [1.54, 1.807) is 0 Å². The number of aryl methyl sites for hydroxylation is 1. The van der Waals surface area contributed by atoms with E-state index in [1.807, 2.05) is 18.2 Å². The van der Waals surface area contributed by atoms with Gasteiger partial charge in [-0.25, -0.2) is 0 Å². The molecule has 1 aromatic carbocycles. The number of nitrogens with two attached hydrogens (primary N) is 1. The van der Waals surface area contributed by atoms with Crippen molar-refractivity contribution in [1.29, 1.82) is 0 Å². The van der Waals surface area contributed by atoms with E-state index in [-0.39, 0.29) is 0 Å². The van der Waals surface area contributed by atoms with E-state index < -0.39 is 0 Å². The lowest BCUT2D eigenvalue weighted by Gasteiger charge is -2.02. The van der Waals surface area contributed by atoms with E-state index in [1.165, 1.54) is 0 Å². The zero-order valence-electron chi connectivity index (χ0n) is 8.31. The maximum absolute atomic E-state index is 5.79. The summed E-state index contributed by atoms with van der Waals surface area (Å²) in [6.07, 6.45) is 1.67. The standard InChI is InChI=1S/C12H14ClN/c1-2-11-9-10(5-3-4-8-13)6-7-12(11)14/h6-7,9H,2,4,8,14H2,1H3.